The maximum Gasteiger partial charge on any atom is 0.242 e. The standard InChI is InChI=1S/C14H27N3O/c1-14(2,15)13(18)17-9-5-12(6-10-17)11-16-7-3-4-8-16/h12H,3-11,15H2,1-2H3. The molecule has 2 fully saturated rings. The third-order valence-corrected chi connectivity index (χ3v) is 4.17. The fraction of sp³-hybridized carbons (Fsp3) is 0.929. The molecule has 1 amide bonds. The Labute approximate surface area is 110 Å². The van der Waals surface area contributed by atoms with Gasteiger partial charge < -0.3 is 15.5 Å². The molecule has 0 bridgehead atoms. The van der Waals surface area contributed by atoms with Crippen LogP contribution in [0.1, 0.15) is 39.5 Å². The Kier molecular flexibility index (Phi) is 4.28. The second-order valence-electron chi connectivity index (χ2n) is 6.46. The van der Waals surface area contributed by atoms with Crippen molar-refractivity contribution in [2.24, 2.45) is 11.7 Å². The second-order valence-corrected chi connectivity index (χ2v) is 6.46. The maximum absolute atomic E-state index is 12.1. The van der Waals surface area contributed by atoms with E-state index in [9.17, 15) is 4.79 Å². The fourth-order valence-corrected chi connectivity index (χ4v) is 3.06. The summed E-state index contributed by atoms with van der Waals surface area (Å²) in [5.74, 6) is 0.871. The lowest BCUT2D eigenvalue weighted by atomic mass is 9.94. The molecule has 2 N–H and O–H groups in total. The minimum atomic E-state index is -0.720. The van der Waals surface area contributed by atoms with Gasteiger partial charge in [0.25, 0.3) is 0 Å². The number of likely N-dealkylation sites (tertiary alicyclic amines) is 2. The molecule has 18 heavy (non-hydrogen) atoms. The molecular formula is C14H27N3O. The predicted molar refractivity (Wildman–Crippen MR) is 73.2 cm³/mol. The molecule has 2 aliphatic rings. The van der Waals surface area contributed by atoms with E-state index < -0.39 is 5.54 Å². The summed E-state index contributed by atoms with van der Waals surface area (Å²) in [6.45, 7) is 9.14. The van der Waals surface area contributed by atoms with Gasteiger partial charge in [0.15, 0.2) is 0 Å². The number of rotatable bonds is 3. The topological polar surface area (TPSA) is 49.6 Å². The van der Waals surface area contributed by atoms with Gasteiger partial charge in [-0.15, -0.1) is 0 Å². The molecule has 2 saturated heterocycles. The molecule has 2 rings (SSSR count). The molecule has 2 heterocycles. The van der Waals surface area contributed by atoms with Crippen LogP contribution in [0.25, 0.3) is 0 Å². The molecule has 0 aromatic heterocycles. The summed E-state index contributed by atoms with van der Waals surface area (Å²) in [6.07, 6.45) is 4.99. The Bertz CT molecular complexity index is 284. The zero-order valence-electron chi connectivity index (χ0n) is 11.8. The number of carbonyl (C=O) groups is 1. The number of nitrogens with zero attached hydrogens (tertiary/aromatic N) is 2. The van der Waals surface area contributed by atoms with Crippen LogP contribution >= 0.6 is 0 Å². The van der Waals surface area contributed by atoms with Crippen molar-refractivity contribution in [2.45, 2.75) is 45.1 Å². The van der Waals surface area contributed by atoms with E-state index in [2.05, 4.69) is 4.90 Å². The molecule has 0 spiro atoms. The van der Waals surface area contributed by atoms with E-state index in [0.717, 1.165) is 31.8 Å². The van der Waals surface area contributed by atoms with E-state index in [1.165, 1.54) is 32.5 Å². The molecule has 0 aromatic carbocycles. The van der Waals surface area contributed by atoms with E-state index in [1.54, 1.807) is 13.8 Å². The molecule has 0 saturated carbocycles. The van der Waals surface area contributed by atoms with Crippen molar-refractivity contribution in [1.82, 2.24) is 9.80 Å². The van der Waals surface area contributed by atoms with Crippen molar-refractivity contribution in [1.29, 1.82) is 0 Å². The number of amides is 1. The van der Waals surface area contributed by atoms with Crippen LogP contribution in [0.4, 0.5) is 0 Å². The van der Waals surface area contributed by atoms with E-state index in [-0.39, 0.29) is 5.91 Å². The lowest BCUT2D eigenvalue weighted by Gasteiger charge is -2.36. The van der Waals surface area contributed by atoms with Crippen LogP contribution in [0.5, 0.6) is 0 Å². The minimum Gasteiger partial charge on any atom is -0.341 e. The highest BCUT2D eigenvalue weighted by molar-refractivity contribution is 5.85. The average Bonchev–Trinajstić information content (AvgIpc) is 2.81. The van der Waals surface area contributed by atoms with Gasteiger partial charge in [0.1, 0.15) is 0 Å². The highest BCUT2D eigenvalue weighted by atomic mass is 16.2. The van der Waals surface area contributed by atoms with Crippen molar-refractivity contribution in [3.63, 3.8) is 0 Å². The first-order valence-electron chi connectivity index (χ1n) is 7.27. The van der Waals surface area contributed by atoms with Gasteiger partial charge in [0, 0.05) is 19.6 Å². The van der Waals surface area contributed by atoms with Gasteiger partial charge in [-0.1, -0.05) is 0 Å². The van der Waals surface area contributed by atoms with E-state index in [1.807, 2.05) is 4.90 Å². The zero-order valence-corrected chi connectivity index (χ0v) is 11.8. The van der Waals surface area contributed by atoms with Crippen LogP contribution in [-0.2, 0) is 4.79 Å². The smallest absolute Gasteiger partial charge is 0.242 e. The molecule has 0 atom stereocenters. The molecule has 0 aliphatic carbocycles. The third-order valence-electron chi connectivity index (χ3n) is 4.17. The highest BCUT2D eigenvalue weighted by Crippen LogP contribution is 2.21. The first kappa shape index (κ1) is 13.8. The predicted octanol–water partition coefficient (Wildman–Crippen LogP) is 1.06. The van der Waals surface area contributed by atoms with Crippen LogP contribution in [0, 0.1) is 5.92 Å². The number of nitrogens with two attached hydrogens (primary N) is 1. The zero-order chi connectivity index (χ0) is 13.2. The Hall–Kier alpha value is -0.610. The molecule has 4 nitrogen and oxygen atoms in total. The van der Waals surface area contributed by atoms with Crippen LogP contribution in [0.15, 0.2) is 0 Å². The van der Waals surface area contributed by atoms with Crippen molar-refractivity contribution in [3.05, 3.63) is 0 Å². The number of carbonyl (C=O) groups excluding carboxylic acids is 1. The Balaban J connectivity index is 1.75. The van der Waals surface area contributed by atoms with Crippen LogP contribution in [0.2, 0.25) is 0 Å². The Morgan fingerprint density at radius 3 is 2.22 bits per heavy atom. The largest absolute Gasteiger partial charge is 0.341 e. The first-order chi connectivity index (χ1) is 8.47. The fourth-order valence-electron chi connectivity index (χ4n) is 3.06. The monoisotopic (exact) mass is 253 g/mol. The molecule has 2 aliphatic heterocycles. The van der Waals surface area contributed by atoms with Gasteiger partial charge in [-0.3, -0.25) is 4.79 Å². The van der Waals surface area contributed by atoms with Crippen molar-refractivity contribution < 1.29 is 4.79 Å². The quantitative estimate of drug-likeness (QED) is 0.818. The lowest BCUT2D eigenvalue weighted by Crippen LogP contribution is -2.53. The van der Waals surface area contributed by atoms with E-state index in [0.29, 0.717) is 0 Å². The molecule has 0 radical (unpaired) electrons. The first-order valence-corrected chi connectivity index (χ1v) is 7.27. The summed E-state index contributed by atoms with van der Waals surface area (Å²) in [6, 6.07) is 0. The summed E-state index contributed by atoms with van der Waals surface area (Å²) < 4.78 is 0. The van der Waals surface area contributed by atoms with Crippen LogP contribution < -0.4 is 5.73 Å². The van der Waals surface area contributed by atoms with Crippen molar-refractivity contribution in [3.8, 4) is 0 Å². The minimum absolute atomic E-state index is 0.0992. The summed E-state index contributed by atoms with van der Waals surface area (Å²) in [5.41, 5.74) is 5.16. The maximum atomic E-state index is 12.1. The SMILES string of the molecule is CC(C)(N)C(=O)N1CCC(CN2CCCC2)CC1. The molecule has 0 aromatic rings. The number of hydrogen-bond donors (Lipinski definition) is 1. The Morgan fingerprint density at radius 1 is 1.17 bits per heavy atom. The summed E-state index contributed by atoms with van der Waals surface area (Å²) in [5, 5.41) is 0. The number of hydrogen-bond acceptors (Lipinski definition) is 3. The van der Waals surface area contributed by atoms with Crippen LogP contribution in [-0.4, -0.2) is 54.0 Å². The van der Waals surface area contributed by atoms with Crippen LogP contribution in [0.3, 0.4) is 0 Å². The average molecular weight is 253 g/mol. The molecule has 0 unspecified atom stereocenters. The van der Waals surface area contributed by atoms with Gasteiger partial charge in [0.05, 0.1) is 5.54 Å². The van der Waals surface area contributed by atoms with Gasteiger partial charge in [-0.2, -0.15) is 0 Å². The summed E-state index contributed by atoms with van der Waals surface area (Å²) >= 11 is 0. The Morgan fingerprint density at radius 2 is 1.72 bits per heavy atom. The normalized spacial score (nSPS) is 23.6. The molecular weight excluding hydrogens is 226 g/mol. The van der Waals surface area contributed by atoms with E-state index in [4.69, 9.17) is 5.73 Å². The van der Waals surface area contributed by atoms with Crippen molar-refractivity contribution >= 4 is 5.91 Å². The van der Waals surface area contributed by atoms with Gasteiger partial charge >= 0.3 is 0 Å². The van der Waals surface area contributed by atoms with Crippen molar-refractivity contribution in [2.75, 3.05) is 32.7 Å². The summed E-state index contributed by atoms with van der Waals surface area (Å²) in [7, 11) is 0. The highest BCUT2D eigenvalue weighted by Gasteiger charge is 2.31. The molecule has 4 heteroatoms. The van der Waals surface area contributed by atoms with Gasteiger partial charge in [0.2, 0.25) is 5.91 Å². The summed E-state index contributed by atoms with van der Waals surface area (Å²) in [4.78, 5) is 16.6. The third kappa shape index (κ3) is 3.45. The second kappa shape index (κ2) is 5.57. The number of piperidine rings is 1. The molecule has 104 valence electrons. The van der Waals surface area contributed by atoms with Gasteiger partial charge in [-0.05, 0) is 58.5 Å². The van der Waals surface area contributed by atoms with Gasteiger partial charge in [-0.25, -0.2) is 0 Å². The van der Waals surface area contributed by atoms with E-state index >= 15 is 0 Å². The lowest BCUT2D eigenvalue weighted by molar-refractivity contribution is -0.137.